The van der Waals surface area contributed by atoms with Gasteiger partial charge in [-0.1, -0.05) is 41.5 Å². The number of aliphatic carboxylic acids is 1. The first-order valence-electron chi connectivity index (χ1n) is 5.70. The molecule has 15 heavy (non-hydrogen) atoms. The summed E-state index contributed by atoms with van der Waals surface area (Å²) in [6.07, 6.45) is 1.59. The molecule has 2 nitrogen and oxygen atoms in total. The van der Waals surface area contributed by atoms with E-state index in [-0.39, 0.29) is 10.8 Å². The molecule has 1 atom stereocenters. The van der Waals surface area contributed by atoms with Crippen LogP contribution in [-0.2, 0) is 4.79 Å². The third-order valence-electron chi connectivity index (χ3n) is 3.65. The number of hydrogen-bond donors (Lipinski definition) is 1. The molecule has 0 saturated heterocycles. The molecule has 1 unspecified atom stereocenters. The van der Waals surface area contributed by atoms with E-state index in [1.54, 1.807) is 0 Å². The van der Waals surface area contributed by atoms with Crippen molar-refractivity contribution in [3.05, 3.63) is 0 Å². The van der Waals surface area contributed by atoms with Gasteiger partial charge in [0.2, 0.25) is 0 Å². The van der Waals surface area contributed by atoms with Gasteiger partial charge < -0.3 is 5.11 Å². The Morgan fingerprint density at radius 3 is 1.67 bits per heavy atom. The van der Waals surface area contributed by atoms with Crippen LogP contribution in [0, 0.1) is 16.2 Å². The van der Waals surface area contributed by atoms with Crippen LogP contribution < -0.4 is 0 Å². The fourth-order valence-corrected chi connectivity index (χ4v) is 2.44. The lowest BCUT2D eigenvalue weighted by Crippen LogP contribution is -2.43. The van der Waals surface area contributed by atoms with Gasteiger partial charge in [0, 0.05) is 0 Å². The molecule has 0 radical (unpaired) electrons. The van der Waals surface area contributed by atoms with Gasteiger partial charge in [0.05, 0.1) is 5.41 Å². The molecule has 1 N–H and O–H groups in total. The number of hydrogen-bond acceptors (Lipinski definition) is 1. The van der Waals surface area contributed by atoms with Crippen molar-refractivity contribution >= 4 is 5.97 Å². The predicted octanol–water partition coefficient (Wildman–Crippen LogP) is 3.95. The highest BCUT2D eigenvalue weighted by Crippen LogP contribution is 2.48. The van der Waals surface area contributed by atoms with Crippen LogP contribution in [0.1, 0.15) is 61.3 Å². The lowest BCUT2D eigenvalue weighted by molar-refractivity contribution is -0.157. The van der Waals surface area contributed by atoms with E-state index in [1.807, 2.05) is 13.8 Å². The van der Waals surface area contributed by atoms with Crippen molar-refractivity contribution in [2.75, 3.05) is 0 Å². The second-order valence-corrected chi connectivity index (χ2v) is 6.61. The van der Waals surface area contributed by atoms with Crippen LogP contribution in [0.2, 0.25) is 0 Å². The molecule has 2 heteroatoms. The monoisotopic (exact) mass is 214 g/mol. The first-order valence-corrected chi connectivity index (χ1v) is 5.70. The second kappa shape index (κ2) is 4.15. The van der Waals surface area contributed by atoms with Gasteiger partial charge in [0.1, 0.15) is 0 Å². The van der Waals surface area contributed by atoms with E-state index in [9.17, 15) is 9.90 Å². The Bertz CT molecular complexity index is 235. The first kappa shape index (κ1) is 14.5. The van der Waals surface area contributed by atoms with Crippen molar-refractivity contribution in [1.82, 2.24) is 0 Å². The summed E-state index contributed by atoms with van der Waals surface area (Å²) in [4.78, 5) is 11.4. The van der Waals surface area contributed by atoms with Crippen molar-refractivity contribution in [1.29, 1.82) is 0 Å². The van der Waals surface area contributed by atoms with E-state index in [4.69, 9.17) is 0 Å². The van der Waals surface area contributed by atoms with Crippen molar-refractivity contribution in [3.8, 4) is 0 Å². The SMILES string of the molecule is CCC(C)(C(=O)O)C(C)(C)CC(C)(C)C. The van der Waals surface area contributed by atoms with Gasteiger partial charge in [0.25, 0.3) is 0 Å². The van der Waals surface area contributed by atoms with E-state index in [1.165, 1.54) is 0 Å². The van der Waals surface area contributed by atoms with Crippen LogP contribution in [0.25, 0.3) is 0 Å². The highest BCUT2D eigenvalue weighted by atomic mass is 16.4. The minimum Gasteiger partial charge on any atom is -0.481 e. The fraction of sp³-hybridized carbons (Fsp3) is 0.923. The molecule has 0 aliphatic rings. The van der Waals surface area contributed by atoms with Gasteiger partial charge in [0.15, 0.2) is 0 Å². The zero-order valence-electron chi connectivity index (χ0n) is 11.3. The Morgan fingerprint density at radius 2 is 1.47 bits per heavy atom. The molecule has 0 amide bonds. The molecule has 0 aliphatic heterocycles. The molecular weight excluding hydrogens is 188 g/mol. The normalized spacial score (nSPS) is 17.3. The van der Waals surface area contributed by atoms with E-state index >= 15 is 0 Å². The summed E-state index contributed by atoms with van der Waals surface area (Å²) in [7, 11) is 0. The van der Waals surface area contributed by atoms with Gasteiger partial charge in [-0.3, -0.25) is 4.79 Å². The summed E-state index contributed by atoms with van der Waals surface area (Å²) in [5.41, 5.74) is -0.665. The molecule has 0 bridgehead atoms. The van der Waals surface area contributed by atoms with E-state index < -0.39 is 11.4 Å². The summed E-state index contributed by atoms with van der Waals surface area (Å²) in [5, 5.41) is 9.36. The highest BCUT2D eigenvalue weighted by molar-refractivity contribution is 5.75. The molecule has 0 saturated carbocycles. The molecule has 0 fully saturated rings. The Hall–Kier alpha value is -0.530. The highest BCUT2D eigenvalue weighted by Gasteiger charge is 2.47. The smallest absolute Gasteiger partial charge is 0.309 e. The average Bonchev–Trinajstić information content (AvgIpc) is 1.97. The maximum Gasteiger partial charge on any atom is 0.309 e. The minimum absolute atomic E-state index is 0.162. The fourth-order valence-electron chi connectivity index (χ4n) is 2.44. The molecular formula is C13H26O2. The Labute approximate surface area is 94.1 Å². The lowest BCUT2D eigenvalue weighted by Gasteiger charge is -2.44. The Balaban J connectivity index is 5.06. The van der Waals surface area contributed by atoms with Crippen molar-refractivity contribution in [3.63, 3.8) is 0 Å². The van der Waals surface area contributed by atoms with Gasteiger partial charge in [-0.15, -0.1) is 0 Å². The largest absolute Gasteiger partial charge is 0.481 e. The zero-order chi connectivity index (χ0) is 12.5. The van der Waals surface area contributed by atoms with Crippen LogP contribution in [0.4, 0.5) is 0 Å². The summed E-state index contributed by atoms with van der Waals surface area (Å²) in [5.74, 6) is -0.681. The number of carbonyl (C=O) groups is 1. The van der Waals surface area contributed by atoms with Gasteiger partial charge in [-0.05, 0) is 30.6 Å². The molecule has 0 aliphatic carbocycles. The number of rotatable bonds is 4. The van der Waals surface area contributed by atoms with E-state index in [2.05, 4.69) is 34.6 Å². The predicted molar refractivity (Wildman–Crippen MR) is 63.9 cm³/mol. The first-order chi connectivity index (χ1) is 6.46. The maximum absolute atomic E-state index is 11.4. The topological polar surface area (TPSA) is 37.3 Å². The lowest BCUT2D eigenvalue weighted by atomic mass is 9.59. The zero-order valence-corrected chi connectivity index (χ0v) is 11.3. The summed E-state index contributed by atoms with van der Waals surface area (Å²) >= 11 is 0. The minimum atomic E-state index is -0.681. The van der Waals surface area contributed by atoms with Crippen molar-refractivity contribution in [2.24, 2.45) is 16.2 Å². The number of carboxylic acid groups (broad SMARTS) is 1. The quantitative estimate of drug-likeness (QED) is 0.769. The Kier molecular flexibility index (Phi) is 4.00. The van der Waals surface area contributed by atoms with Crippen LogP contribution in [0.3, 0.4) is 0 Å². The van der Waals surface area contributed by atoms with Crippen LogP contribution >= 0.6 is 0 Å². The summed E-state index contributed by atoms with van der Waals surface area (Å²) < 4.78 is 0. The van der Waals surface area contributed by atoms with E-state index in [0.717, 1.165) is 6.42 Å². The van der Waals surface area contributed by atoms with Gasteiger partial charge in [-0.2, -0.15) is 0 Å². The molecule has 0 aromatic rings. The summed E-state index contributed by atoms with van der Waals surface area (Å²) in [6, 6.07) is 0. The Morgan fingerprint density at radius 1 is 1.07 bits per heavy atom. The number of carboxylic acids is 1. The maximum atomic E-state index is 11.4. The van der Waals surface area contributed by atoms with Crippen LogP contribution in [0.15, 0.2) is 0 Å². The third kappa shape index (κ3) is 3.22. The van der Waals surface area contributed by atoms with Crippen LogP contribution in [0.5, 0.6) is 0 Å². The van der Waals surface area contributed by atoms with Gasteiger partial charge >= 0.3 is 5.97 Å². The van der Waals surface area contributed by atoms with E-state index in [0.29, 0.717) is 6.42 Å². The average molecular weight is 214 g/mol. The standard InChI is InChI=1S/C13H26O2/c1-8-13(7,10(14)15)12(5,6)9-11(2,3)4/h8-9H2,1-7H3,(H,14,15). The second-order valence-electron chi connectivity index (χ2n) is 6.61. The van der Waals surface area contributed by atoms with Gasteiger partial charge in [-0.25, -0.2) is 0 Å². The molecule has 0 aromatic carbocycles. The molecule has 0 spiro atoms. The third-order valence-corrected chi connectivity index (χ3v) is 3.65. The molecule has 0 aromatic heterocycles. The van der Waals surface area contributed by atoms with Crippen molar-refractivity contribution in [2.45, 2.75) is 61.3 Å². The molecule has 90 valence electrons. The van der Waals surface area contributed by atoms with Crippen LogP contribution in [-0.4, -0.2) is 11.1 Å². The molecule has 0 heterocycles. The summed E-state index contributed by atoms with van der Waals surface area (Å²) in [6.45, 7) is 14.4. The molecule has 0 rings (SSSR count). The van der Waals surface area contributed by atoms with Crippen molar-refractivity contribution < 1.29 is 9.90 Å².